The monoisotopic (exact) mass is 362 g/mol. The summed E-state index contributed by atoms with van der Waals surface area (Å²) >= 11 is 0. The van der Waals surface area contributed by atoms with Crippen LogP contribution in [0.15, 0.2) is 47.5 Å². The molecule has 1 fully saturated rings. The highest BCUT2D eigenvalue weighted by atomic mass is 16.5. The van der Waals surface area contributed by atoms with Crippen LogP contribution in [-0.4, -0.2) is 19.6 Å². The van der Waals surface area contributed by atoms with Gasteiger partial charge in [0.1, 0.15) is 5.75 Å². The first-order valence-corrected chi connectivity index (χ1v) is 9.34. The van der Waals surface area contributed by atoms with Gasteiger partial charge in [0.05, 0.1) is 18.2 Å². The van der Waals surface area contributed by atoms with Crippen LogP contribution in [0.4, 0.5) is 0 Å². The number of nitrogens with zero attached hydrogens (tertiary/aromatic N) is 2. The van der Waals surface area contributed by atoms with Crippen LogP contribution in [0.25, 0.3) is 0 Å². The molecule has 2 N–H and O–H groups in total. The van der Waals surface area contributed by atoms with Gasteiger partial charge < -0.3 is 15.4 Å². The van der Waals surface area contributed by atoms with Gasteiger partial charge in [-0.2, -0.15) is 5.26 Å². The zero-order chi connectivity index (χ0) is 19.1. The number of ether oxygens (including phenoxy) is 1. The van der Waals surface area contributed by atoms with Gasteiger partial charge in [0, 0.05) is 25.7 Å². The molecule has 5 heteroatoms. The highest BCUT2D eigenvalue weighted by Crippen LogP contribution is 2.30. The van der Waals surface area contributed by atoms with Crippen LogP contribution in [0, 0.1) is 24.2 Å². The minimum absolute atomic E-state index is 0.643. The van der Waals surface area contributed by atoms with Gasteiger partial charge in [-0.15, -0.1) is 0 Å². The lowest BCUT2D eigenvalue weighted by Gasteiger charge is -2.15. The maximum Gasteiger partial charge on any atom is 0.191 e. The average Bonchev–Trinajstić information content (AvgIpc) is 3.52. The molecule has 0 radical (unpaired) electrons. The van der Waals surface area contributed by atoms with Crippen molar-refractivity contribution in [3.8, 4) is 11.8 Å². The number of benzene rings is 2. The fourth-order valence-electron chi connectivity index (χ4n) is 2.72. The number of nitriles is 1. The molecule has 27 heavy (non-hydrogen) atoms. The van der Waals surface area contributed by atoms with E-state index in [-0.39, 0.29) is 0 Å². The summed E-state index contributed by atoms with van der Waals surface area (Å²) in [7, 11) is 1.76. The SMILES string of the molecule is CN=C(NCc1ccc(C#N)cc1)NCc1ccc(C)cc1OCC1CC1. The van der Waals surface area contributed by atoms with Crippen molar-refractivity contribution in [2.24, 2.45) is 10.9 Å². The summed E-state index contributed by atoms with van der Waals surface area (Å²) in [6.07, 6.45) is 2.57. The molecule has 0 aromatic heterocycles. The highest BCUT2D eigenvalue weighted by Gasteiger charge is 2.22. The Balaban J connectivity index is 1.54. The van der Waals surface area contributed by atoms with Crippen LogP contribution < -0.4 is 15.4 Å². The second-order valence-corrected chi connectivity index (χ2v) is 6.95. The van der Waals surface area contributed by atoms with Crippen molar-refractivity contribution in [3.63, 3.8) is 0 Å². The van der Waals surface area contributed by atoms with Gasteiger partial charge >= 0.3 is 0 Å². The van der Waals surface area contributed by atoms with E-state index < -0.39 is 0 Å². The lowest BCUT2D eigenvalue weighted by Crippen LogP contribution is -2.36. The van der Waals surface area contributed by atoms with Crippen LogP contribution in [0.1, 0.15) is 35.1 Å². The highest BCUT2D eigenvalue weighted by molar-refractivity contribution is 5.79. The van der Waals surface area contributed by atoms with Crippen molar-refractivity contribution in [2.75, 3.05) is 13.7 Å². The van der Waals surface area contributed by atoms with Gasteiger partial charge in [-0.05, 0) is 55.0 Å². The van der Waals surface area contributed by atoms with E-state index in [0.717, 1.165) is 35.4 Å². The Morgan fingerprint density at radius 3 is 2.56 bits per heavy atom. The van der Waals surface area contributed by atoms with E-state index in [9.17, 15) is 0 Å². The molecule has 0 bridgehead atoms. The van der Waals surface area contributed by atoms with Crippen LogP contribution in [0.5, 0.6) is 5.75 Å². The second kappa shape index (κ2) is 9.09. The molecule has 1 aliphatic carbocycles. The van der Waals surface area contributed by atoms with Crippen LogP contribution >= 0.6 is 0 Å². The number of guanidine groups is 1. The Hall–Kier alpha value is -3.00. The fraction of sp³-hybridized carbons (Fsp3) is 0.364. The second-order valence-electron chi connectivity index (χ2n) is 6.95. The van der Waals surface area contributed by atoms with Crippen molar-refractivity contribution < 1.29 is 4.74 Å². The number of aryl methyl sites for hydroxylation is 1. The zero-order valence-corrected chi connectivity index (χ0v) is 16.0. The molecule has 0 atom stereocenters. The Morgan fingerprint density at radius 2 is 1.89 bits per heavy atom. The molecular weight excluding hydrogens is 336 g/mol. The predicted octanol–water partition coefficient (Wildman–Crippen LogP) is 3.52. The van der Waals surface area contributed by atoms with Gasteiger partial charge in [-0.3, -0.25) is 4.99 Å². The smallest absolute Gasteiger partial charge is 0.191 e. The molecule has 0 amide bonds. The minimum Gasteiger partial charge on any atom is -0.493 e. The molecule has 0 heterocycles. The third-order valence-corrected chi connectivity index (χ3v) is 4.61. The molecule has 5 nitrogen and oxygen atoms in total. The van der Waals surface area contributed by atoms with Crippen LogP contribution in [0.3, 0.4) is 0 Å². The Bertz CT molecular complexity index is 832. The van der Waals surface area contributed by atoms with E-state index >= 15 is 0 Å². The van der Waals surface area contributed by atoms with Crippen molar-refractivity contribution in [3.05, 3.63) is 64.7 Å². The summed E-state index contributed by atoms with van der Waals surface area (Å²) < 4.78 is 6.03. The minimum atomic E-state index is 0.643. The van der Waals surface area contributed by atoms with E-state index in [1.807, 2.05) is 24.3 Å². The molecule has 140 valence electrons. The third-order valence-electron chi connectivity index (χ3n) is 4.61. The third kappa shape index (κ3) is 5.75. The summed E-state index contributed by atoms with van der Waals surface area (Å²) in [4.78, 5) is 4.28. The van der Waals surface area contributed by atoms with E-state index in [0.29, 0.717) is 18.7 Å². The van der Waals surface area contributed by atoms with E-state index in [2.05, 4.69) is 46.8 Å². The van der Waals surface area contributed by atoms with Crippen LogP contribution in [0.2, 0.25) is 0 Å². The van der Waals surface area contributed by atoms with Gasteiger partial charge in [0.15, 0.2) is 5.96 Å². The molecule has 1 saturated carbocycles. The Labute approximate surface area is 161 Å². The summed E-state index contributed by atoms with van der Waals surface area (Å²) in [6, 6.07) is 16.0. The maximum absolute atomic E-state index is 8.87. The zero-order valence-electron chi connectivity index (χ0n) is 16.0. The van der Waals surface area contributed by atoms with Crippen LogP contribution in [-0.2, 0) is 13.1 Å². The Morgan fingerprint density at radius 1 is 1.15 bits per heavy atom. The van der Waals surface area contributed by atoms with E-state index in [4.69, 9.17) is 10.00 Å². The van der Waals surface area contributed by atoms with E-state index in [1.54, 1.807) is 7.05 Å². The molecule has 1 aliphatic rings. The summed E-state index contributed by atoms with van der Waals surface area (Å²) in [5.41, 5.74) is 4.09. The molecule has 0 unspecified atom stereocenters. The van der Waals surface area contributed by atoms with Gasteiger partial charge in [0.25, 0.3) is 0 Å². The summed E-state index contributed by atoms with van der Waals surface area (Å²) in [5.74, 6) is 2.41. The fourth-order valence-corrected chi connectivity index (χ4v) is 2.72. The van der Waals surface area contributed by atoms with Crippen molar-refractivity contribution >= 4 is 5.96 Å². The largest absolute Gasteiger partial charge is 0.493 e. The maximum atomic E-state index is 8.87. The number of aliphatic imine (C=N–C) groups is 1. The number of nitrogens with one attached hydrogen (secondary N) is 2. The predicted molar refractivity (Wildman–Crippen MR) is 108 cm³/mol. The average molecular weight is 362 g/mol. The molecule has 2 aromatic carbocycles. The first-order chi connectivity index (χ1) is 13.2. The normalized spacial score (nSPS) is 13.7. The standard InChI is InChI=1S/C22H26N4O/c1-16-3-10-20(21(11-16)27-15-19-8-9-19)14-26-22(24-2)25-13-18-6-4-17(12-23)5-7-18/h3-7,10-11,19H,8-9,13-15H2,1-2H3,(H2,24,25,26). The lowest BCUT2D eigenvalue weighted by molar-refractivity contribution is 0.296. The molecule has 0 saturated heterocycles. The molecule has 0 aliphatic heterocycles. The van der Waals surface area contributed by atoms with Crippen molar-refractivity contribution in [2.45, 2.75) is 32.9 Å². The van der Waals surface area contributed by atoms with Gasteiger partial charge in [-0.1, -0.05) is 24.3 Å². The number of hydrogen-bond acceptors (Lipinski definition) is 3. The molecule has 3 rings (SSSR count). The first kappa shape index (κ1) is 18.8. The van der Waals surface area contributed by atoms with Crippen molar-refractivity contribution in [1.82, 2.24) is 10.6 Å². The van der Waals surface area contributed by atoms with E-state index in [1.165, 1.54) is 18.4 Å². The molecule has 2 aromatic rings. The van der Waals surface area contributed by atoms with Gasteiger partial charge in [-0.25, -0.2) is 0 Å². The van der Waals surface area contributed by atoms with Gasteiger partial charge in [0.2, 0.25) is 0 Å². The quantitative estimate of drug-likeness (QED) is 0.584. The molecule has 0 spiro atoms. The summed E-state index contributed by atoms with van der Waals surface area (Å²) in [6.45, 7) is 4.18. The summed E-state index contributed by atoms with van der Waals surface area (Å²) in [5, 5.41) is 15.5. The lowest BCUT2D eigenvalue weighted by atomic mass is 10.1. The first-order valence-electron chi connectivity index (χ1n) is 9.34. The Kier molecular flexibility index (Phi) is 6.32. The number of hydrogen-bond donors (Lipinski definition) is 2. The number of rotatable bonds is 7. The van der Waals surface area contributed by atoms with Crippen molar-refractivity contribution in [1.29, 1.82) is 5.26 Å². The molecular formula is C22H26N4O. The topological polar surface area (TPSA) is 69.4 Å².